The fourth-order valence-electron chi connectivity index (χ4n) is 11.5. The largest absolute Gasteiger partial charge is 0.462 e. The minimum absolute atomic E-state index is 0.0620. The maximum Gasteiger partial charge on any atom is 0.306 e. The molecule has 0 aromatic heterocycles. The van der Waals surface area contributed by atoms with Gasteiger partial charge in [-0.3, -0.25) is 14.4 Å². The van der Waals surface area contributed by atoms with Crippen molar-refractivity contribution in [2.45, 2.75) is 431 Å². The van der Waals surface area contributed by atoms with Crippen molar-refractivity contribution < 1.29 is 28.6 Å². The molecule has 0 aromatic carbocycles. The van der Waals surface area contributed by atoms with E-state index in [1.807, 2.05) is 0 Å². The number of carbonyl (C=O) groups excluding carboxylic acids is 3. The van der Waals surface area contributed by atoms with Crippen molar-refractivity contribution in [2.75, 3.05) is 13.2 Å². The Morgan fingerprint density at radius 1 is 0.237 bits per heavy atom. The van der Waals surface area contributed by atoms with Gasteiger partial charge in [0.05, 0.1) is 0 Å². The van der Waals surface area contributed by atoms with Gasteiger partial charge in [0.1, 0.15) is 13.2 Å². The van der Waals surface area contributed by atoms with E-state index in [1.54, 1.807) is 0 Å². The predicted octanol–water partition coefficient (Wildman–Crippen LogP) is 25.2. The van der Waals surface area contributed by atoms with E-state index in [1.165, 1.54) is 327 Å². The van der Waals surface area contributed by atoms with Crippen molar-refractivity contribution in [3.8, 4) is 0 Å². The number of esters is 3. The molecular weight excluding hydrogens is 985 g/mol. The molecule has 474 valence electrons. The topological polar surface area (TPSA) is 78.9 Å². The molecule has 0 rings (SSSR count). The zero-order valence-electron chi connectivity index (χ0n) is 54.6. The lowest BCUT2D eigenvalue weighted by atomic mass is 10.0. The lowest BCUT2D eigenvalue weighted by molar-refractivity contribution is -0.167. The molecule has 0 aromatic rings. The molecule has 0 bridgehead atoms. The number of ether oxygens (including phenoxy) is 3. The Kier molecular flexibility index (Phi) is 68.0. The third-order valence-electron chi connectivity index (χ3n) is 17.0. The van der Waals surface area contributed by atoms with E-state index in [9.17, 15) is 14.4 Å². The smallest absolute Gasteiger partial charge is 0.306 e. The molecule has 0 heterocycles. The second-order valence-corrected chi connectivity index (χ2v) is 25.2. The van der Waals surface area contributed by atoms with Gasteiger partial charge >= 0.3 is 17.9 Å². The minimum Gasteiger partial charge on any atom is -0.462 e. The maximum absolute atomic E-state index is 12.9. The lowest BCUT2D eigenvalue weighted by Crippen LogP contribution is -2.30. The average Bonchev–Trinajstić information content (AvgIpc) is 3.46. The number of allylic oxidation sites excluding steroid dienone is 2. The Morgan fingerprint density at radius 2 is 0.412 bits per heavy atom. The number of carbonyl (C=O) groups is 3. The zero-order chi connectivity index (χ0) is 57.8. The summed E-state index contributed by atoms with van der Waals surface area (Å²) < 4.78 is 17.0. The molecule has 6 heteroatoms. The summed E-state index contributed by atoms with van der Waals surface area (Å²) in [7, 11) is 0. The number of unbranched alkanes of at least 4 members (excludes halogenated alkanes) is 56. The van der Waals surface area contributed by atoms with Crippen LogP contribution in [0.4, 0.5) is 0 Å². The summed E-state index contributed by atoms with van der Waals surface area (Å²) in [6.07, 6.45) is 84.1. The van der Waals surface area contributed by atoms with E-state index < -0.39 is 6.10 Å². The number of rotatable bonds is 69. The summed E-state index contributed by atoms with van der Waals surface area (Å²) in [5.74, 6) is -0.827. The highest BCUT2D eigenvalue weighted by Crippen LogP contribution is 2.19. The van der Waals surface area contributed by atoms with Crippen LogP contribution in [0.1, 0.15) is 425 Å². The molecule has 0 aliphatic carbocycles. The first-order valence-corrected chi connectivity index (χ1v) is 36.7. The highest BCUT2D eigenvalue weighted by molar-refractivity contribution is 5.71. The molecule has 0 fully saturated rings. The standard InChI is InChI=1S/C74H142O6/c1-4-7-10-13-16-19-22-24-26-28-30-32-33-34-35-36-37-38-39-40-41-43-44-46-48-50-52-55-58-61-64-67-73(76)79-70-71(69-78-72(75)66-63-60-57-54-21-18-15-12-9-6-3)80-74(77)68-65-62-59-56-53-51-49-47-45-42-31-29-27-25-23-20-17-14-11-8-5-2/h28,30,71H,4-27,29,31-70H2,1-3H3/b30-28-. The Bertz CT molecular complexity index is 1250. The molecular formula is C74H142O6. The molecule has 0 aliphatic heterocycles. The molecule has 0 radical (unpaired) electrons. The second kappa shape index (κ2) is 69.6. The van der Waals surface area contributed by atoms with Crippen LogP contribution in [0.15, 0.2) is 12.2 Å². The highest BCUT2D eigenvalue weighted by Gasteiger charge is 2.20. The van der Waals surface area contributed by atoms with Crippen molar-refractivity contribution in [1.29, 1.82) is 0 Å². The lowest BCUT2D eigenvalue weighted by Gasteiger charge is -2.18. The molecule has 0 aliphatic rings. The molecule has 0 N–H and O–H groups in total. The third kappa shape index (κ3) is 66.9. The van der Waals surface area contributed by atoms with E-state index in [0.29, 0.717) is 19.3 Å². The van der Waals surface area contributed by atoms with Crippen LogP contribution in [0.5, 0.6) is 0 Å². The van der Waals surface area contributed by atoms with Crippen LogP contribution < -0.4 is 0 Å². The average molecular weight is 1130 g/mol. The minimum atomic E-state index is -0.764. The van der Waals surface area contributed by atoms with Crippen LogP contribution in [0.25, 0.3) is 0 Å². The maximum atomic E-state index is 12.9. The van der Waals surface area contributed by atoms with Gasteiger partial charge in [-0.15, -0.1) is 0 Å². The summed E-state index contributed by atoms with van der Waals surface area (Å²) in [6, 6.07) is 0. The van der Waals surface area contributed by atoms with Crippen molar-refractivity contribution in [3.63, 3.8) is 0 Å². The van der Waals surface area contributed by atoms with Crippen molar-refractivity contribution in [1.82, 2.24) is 0 Å². The molecule has 0 amide bonds. The number of hydrogen-bond acceptors (Lipinski definition) is 6. The Balaban J connectivity index is 4.06. The van der Waals surface area contributed by atoms with Crippen LogP contribution in [0.3, 0.4) is 0 Å². The van der Waals surface area contributed by atoms with Crippen LogP contribution in [0.2, 0.25) is 0 Å². The van der Waals surface area contributed by atoms with Gasteiger partial charge in [-0.05, 0) is 44.9 Å². The van der Waals surface area contributed by atoms with Gasteiger partial charge in [0.2, 0.25) is 0 Å². The van der Waals surface area contributed by atoms with Crippen molar-refractivity contribution in [2.24, 2.45) is 0 Å². The fraction of sp³-hybridized carbons (Fsp3) is 0.932. The van der Waals surface area contributed by atoms with E-state index in [0.717, 1.165) is 57.8 Å². The van der Waals surface area contributed by atoms with Crippen LogP contribution in [-0.2, 0) is 28.6 Å². The monoisotopic (exact) mass is 1130 g/mol. The van der Waals surface area contributed by atoms with Gasteiger partial charge in [-0.2, -0.15) is 0 Å². The van der Waals surface area contributed by atoms with E-state index in [4.69, 9.17) is 14.2 Å². The quantitative estimate of drug-likeness (QED) is 0.0261. The summed E-state index contributed by atoms with van der Waals surface area (Å²) >= 11 is 0. The molecule has 0 spiro atoms. The van der Waals surface area contributed by atoms with E-state index in [2.05, 4.69) is 32.9 Å². The SMILES string of the molecule is CCCCCCCCCC/C=C\CCCCCCCCCCCCCCCCCCCCCC(=O)OCC(COC(=O)CCCCCCCCCCCC)OC(=O)CCCCCCCCCCCCCCCCCCCCCCC. The Labute approximate surface area is 501 Å². The Morgan fingerprint density at radius 3 is 0.625 bits per heavy atom. The zero-order valence-corrected chi connectivity index (χ0v) is 54.6. The number of hydrogen-bond donors (Lipinski definition) is 0. The van der Waals surface area contributed by atoms with Gasteiger partial charge < -0.3 is 14.2 Å². The van der Waals surface area contributed by atoms with Crippen molar-refractivity contribution >= 4 is 17.9 Å². The fourth-order valence-corrected chi connectivity index (χ4v) is 11.5. The van der Waals surface area contributed by atoms with Crippen molar-refractivity contribution in [3.05, 3.63) is 12.2 Å². The second-order valence-electron chi connectivity index (χ2n) is 25.2. The molecule has 0 saturated heterocycles. The highest BCUT2D eigenvalue weighted by atomic mass is 16.6. The first kappa shape index (κ1) is 78.1. The van der Waals surface area contributed by atoms with Gasteiger partial charge in [0.25, 0.3) is 0 Å². The molecule has 0 saturated carbocycles. The third-order valence-corrected chi connectivity index (χ3v) is 17.0. The van der Waals surface area contributed by atoms with Gasteiger partial charge in [-0.1, -0.05) is 373 Å². The molecule has 80 heavy (non-hydrogen) atoms. The molecule has 6 nitrogen and oxygen atoms in total. The van der Waals surface area contributed by atoms with Crippen LogP contribution in [0, 0.1) is 0 Å². The van der Waals surface area contributed by atoms with Crippen LogP contribution in [-0.4, -0.2) is 37.2 Å². The first-order chi connectivity index (χ1) is 39.5. The summed E-state index contributed by atoms with van der Waals surface area (Å²) in [5, 5.41) is 0. The molecule has 1 atom stereocenters. The molecule has 1 unspecified atom stereocenters. The van der Waals surface area contributed by atoms with E-state index >= 15 is 0 Å². The van der Waals surface area contributed by atoms with Gasteiger partial charge in [0.15, 0.2) is 6.10 Å². The first-order valence-electron chi connectivity index (χ1n) is 36.7. The Hall–Kier alpha value is -1.85. The van der Waals surface area contributed by atoms with Gasteiger partial charge in [-0.25, -0.2) is 0 Å². The van der Waals surface area contributed by atoms with Gasteiger partial charge in [0, 0.05) is 19.3 Å². The summed E-state index contributed by atoms with van der Waals surface area (Å²) in [6.45, 7) is 6.72. The predicted molar refractivity (Wildman–Crippen MR) is 349 cm³/mol. The van der Waals surface area contributed by atoms with E-state index in [-0.39, 0.29) is 31.1 Å². The van der Waals surface area contributed by atoms with Crippen LogP contribution >= 0.6 is 0 Å². The summed E-state index contributed by atoms with van der Waals surface area (Å²) in [5.41, 5.74) is 0. The normalized spacial score (nSPS) is 12.0. The summed E-state index contributed by atoms with van der Waals surface area (Å²) in [4.78, 5) is 38.3.